The van der Waals surface area contributed by atoms with E-state index in [-0.39, 0.29) is 23.2 Å². The van der Waals surface area contributed by atoms with Gasteiger partial charge in [-0.1, -0.05) is 0 Å². The van der Waals surface area contributed by atoms with Gasteiger partial charge in [-0.15, -0.1) is 10.2 Å². The Bertz CT molecular complexity index is 965. The number of amides is 2. The van der Waals surface area contributed by atoms with E-state index in [1.165, 1.54) is 9.80 Å². The van der Waals surface area contributed by atoms with Gasteiger partial charge in [0.05, 0.1) is 11.3 Å². The minimum atomic E-state index is -0.303. The number of nitrogens with zero attached hydrogens (tertiary/aromatic N) is 6. The molecule has 0 saturated carbocycles. The number of pyridine rings is 2. The molecule has 4 rings (SSSR count). The lowest BCUT2D eigenvalue weighted by atomic mass is 10.2. The molecule has 0 aliphatic carbocycles. The number of anilines is 2. The molecule has 0 radical (unpaired) electrons. The molecule has 4 heterocycles. The highest BCUT2D eigenvalue weighted by Gasteiger charge is 2.36. The highest BCUT2D eigenvalue weighted by atomic mass is 16.2. The van der Waals surface area contributed by atoms with Gasteiger partial charge < -0.3 is 4.90 Å². The molecule has 2 aliphatic rings. The van der Waals surface area contributed by atoms with Gasteiger partial charge in [-0.3, -0.25) is 19.5 Å². The van der Waals surface area contributed by atoms with Crippen LogP contribution >= 0.6 is 0 Å². The lowest BCUT2D eigenvalue weighted by Crippen LogP contribution is -2.30. The van der Waals surface area contributed by atoms with Crippen LogP contribution in [0.4, 0.5) is 11.5 Å². The highest BCUT2D eigenvalue weighted by molar-refractivity contribution is 6.55. The van der Waals surface area contributed by atoms with Crippen LogP contribution in [0.5, 0.6) is 0 Å². The Labute approximate surface area is 143 Å². The molecule has 25 heavy (non-hydrogen) atoms. The highest BCUT2D eigenvalue weighted by Crippen LogP contribution is 2.28. The summed E-state index contributed by atoms with van der Waals surface area (Å²) in [4.78, 5) is 36.4. The van der Waals surface area contributed by atoms with Crippen molar-refractivity contribution in [2.45, 2.75) is 6.92 Å². The minimum absolute atomic E-state index is 0.124. The van der Waals surface area contributed by atoms with Crippen molar-refractivity contribution in [3.8, 4) is 0 Å². The Morgan fingerprint density at radius 3 is 2.52 bits per heavy atom. The van der Waals surface area contributed by atoms with Crippen molar-refractivity contribution in [2.24, 2.45) is 10.2 Å². The summed E-state index contributed by atoms with van der Waals surface area (Å²) in [6.07, 6.45) is 3.21. The fourth-order valence-electron chi connectivity index (χ4n) is 2.94. The standard InChI is InChI=1S/C17H14N6O2/c1-3-23-15-10(6-4-9-19-15)12(17(23)25)20-21-14-13-11(7-5-8-18-13)22(2)16(14)24/h4-9H,3H2,1-2H3/b20-12-,21-14-. The second-order valence-corrected chi connectivity index (χ2v) is 5.56. The number of carbonyl (C=O) groups excluding carboxylic acids is 2. The van der Waals surface area contributed by atoms with Gasteiger partial charge in [0, 0.05) is 26.0 Å². The van der Waals surface area contributed by atoms with E-state index in [1.807, 2.05) is 6.92 Å². The molecule has 124 valence electrons. The van der Waals surface area contributed by atoms with E-state index in [1.54, 1.807) is 43.7 Å². The number of hydrogen-bond donors (Lipinski definition) is 0. The zero-order valence-corrected chi connectivity index (χ0v) is 13.7. The third kappa shape index (κ3) is 2.14. The first-order valence-corrected chi connectivity index (χ1v) is 7.79. The molecule has 8 nitrogen and oxygen atoms in total. The second-order valence-electron chi connectivity index (χ2n) is 5.56. The van der Waals surface area contributed by atoms with Crippen LogP contribution in [0, 0.1) is 0 Å². The molecule has 0 bridgehead atoms. The molecule has 2 aliphatic heterocycles. The first kappa shape index (κ1) is 15.1. The second kappa shape index (κ2) is 5.59. The molecule has 8 heteroatoms. The van der Waals surface area contributed by atoms with Crippen LogP contribution in [-0.2, 0) is 9.59 Å². The number of likely N-dealkylation sites (N-methyl/N-ethyl adjacent to an activating group) is 2. The van der Waals surface area contributed by atoms with E-state index in [9.17, 15) is 9.59 Å². The lowest BCUT2D eigenvalue weighted by molar-refractivity contribution is -0.113. The van der Waals surface area contributed by atoms with Crippen molar-refractivity contribution in [3.63, 3.8) is 0 Å². The molecule has 0 aromatic carbocycles. The van der Waals surface area contributed by atoms with E-state index in [2.05, 4.69) is 20.2 Å². The summed E-state index contributed by atoms with van der Waals surface area (Å²) in [5.74, 6) is -0.0230. The van der Waals surface area contributed by atoms with Gasteiger partial charge in [0.15, 0.2) is 11.4 Å². The SMILES string of the molecule is CCN1C(=O)/C(=N\N=C2/C(=O)N(C)c3cccnc32)c2cccnc21. The molecule has 0 fully saturated rings. The quantitative estimate of drug-likeness (QED) is 0.767. The van der Waals surface area contributed by atoms with Crippen LogP contribution in [0.1, 0.15) is 18.2 Å². The summed E-state index contributed by atoms with van der Waals surface area (Å²) in [7, 11) is 1.65. The van der Waals surface area contributed by atoms with Gasteiger partial charge in [0.2, 0.25) is 0 Å². The van der Waals surface area contributed by atoms with Crippen LogP contribution in [0.25, 0.3) is 0 Å². The van der Waals surface area contributed by atoms with Crippen molar-refractivity contribution in [1.82, 2.24) is 9.97 Å². The smallest absolute Gasteiger partial charge is 0.280 e. The maximum atomic E-state index is 12.6. The van der Waals surface area contributed by atoms with Crippen LogP contribution in [0.15, 0.2) is 46.9 Å². The lowest BCUT2D eigenvalue weighted by Gasteiger charge is -2.11. The molecule has 0 atom stereocenters. The van der Waals surface area contributed by atoms with Gasteiger partial charge in [-0.2, -0.15) is 0 Å². The molecule has 0 unspecified atom stereocenters. The summed E-state index contributed by atoms with van der Waals surface area (Å²) >= 11 is 0. The Hall–Kier alpha value is -3.42. The number of carbonyl (C=O) groups is 2. The molecule has 0 N–H and O–H groups in total. The Kier molecular flexibility index (Phi) is 3.38. The minimum Gasteiger partial charge on any atom is -0.308 e. The zero-order valence-electron chi connectivity index (χ0n) is 13.7. The first-order chi connectivity index (χ1) is 12.1. The molecular formula is C17H14N6O2. The van der Waals surface area contributed by atoms with Crippen molar-refractivity contribution in [2.75, 3.05) is 23.4 Å². The number of aromatic nitrogens is 2. The number of fused-ring (bicyclic) bond motifs is 2. The summed E-state index contributed by atoms with van der Waals surface area (Å²) < 4.78 is 0. The molecular weight excluding hydrogens is 320 g/mol. The Morgan fingerprint density at radius 2 is 1.72 bits per heavy atom. The summed E-state index contributed by atoms with van der Waals surface area (Å²) in [6, 6.07) is 7.04. The van der Waals surface area contributed by atoms with Crippen molar-refractivity contribution >= 4 is 34.7 Å². The average molecular weight is 334 g/mol. The van der Waals surface area contributed by atoms with Gasteiger partial charge in [-0.25, -0.2) is 4.98 Å². The maximum Gasteiger partial charge on any atom is 0.280 e. The van der Waals surface area contributed by atoms with E-state index in [4.69, 9.17) is 0 Å². The molecule has 0 saturated heterocycles. The summed E-state index contributed by atoms with van der Waals surface area (Å²) in [5.41, 5.74) is 2.04. The normalized spacial score (nSPS) is 19.1. The number of hydrogen-bond acceptors (Lipinski definition) is 6. The largest absolute Gasteiger partial charge is 0.308 e. The topological polar surface area (TPSA) is 91.1 Å². The van der Waals surface area contributed by atoms with Crippen LogP contribution < -0.4 is 9.80 Å². The Morgan fingerprint density at radius 1 is 1.00 bits per heavy atom. The fourth-order valence-corrected chi connectivity index (χ4v) is 2.94. The van der Waals surface area contributed by atoms with Gasteiger partial charge in [-0.05, 0) is 31.2 Å². The molecule has 2 aromatic rings. The van der Waals surface area contributed by atoms with E-state index in [0.29, 0.717) is 29.3 Å². The first-order valence-electron chi connectivity index (χ1n) is 7.79. The van der Waals surface area contributed by atoms with E-state index >= 15 is 0 Å². The summed E-state index contributed by atoms with van der Waals surface area (Å²) in [6.45, 7) is 2.34. The fraction of sp³-hybridized carbons (Fsp3) is 0.176. The van der Waals surface area contributed by atoms with Crippen LogP contribution in [0.3, 0.4) is 0 Å². The van der Waals surface area contributed by atoms with Gasteiger partial charge >= 0.3 is 0 Å². The molecule has 0 spiro atoms. The van der Waals surface area contributed by atoms with Crippen molar-refractivity contribution < 1.29 is 9.59 Å². The van der Waals surface area contributed by atoms with Gasteiger partial charge in [0.25, 0.3) is 11.8 Å². The zero-order chi connectivity index (χ0) is 17.6. The Balaban J connectivity index is 1.81. The third-order valence-corrected chi connectivity index (χ3v) is 4.19. The average Bonchev–Trinajstić information content (AvgIpc) is 3.05. The predicted molar refractivity (Wildman–Crippen MR) is 93.0 cm³/mol. The van der Waals surface area contributed by atoms with Crippen molar-refractivity contribution in [1.29, 1.82) is 0 Å². The van der Waals surface area contributed by atoms with E-state index in [0.717, 1.165) is 0 Å². The monoisotopic (exact) mass is 334 g/mol. The van der Waals surface area contributed by atoms with Crippen molar-refractivity contribution in [3.05, 3.63) is 47.9 Å². The third-order valence-electron chi connectivity index (χ3n) is 4.19. The van der Waals surface area contributed by atoms with Crippen LogP contribution in [0.2, 0.25) is 0 Å². The molecule has 2 aromatic heterocycles. The van der Waals surface area contributed by atoms with E-state index < -0.39 is 0 Å². The van der Waals surface area contributed by atoms with Crippen LogP contribution in [-0.4, -0.2) is 46.8 Å². The number of rotatable bonds is 2. The van der Waals surface area contributed by atoms with Gasteiger partial charge in [0.1, 0.15) is 11.5 Å². The summed E-state index contributed by atoms with van der Waals surface area (Å²) in [5, 5.41) is 8.17. The molecule has 2 amide bonds. The predicted octanol–water partition coefficient (Wildman–Crippen LogP) is 1.01. The maximum absolute atomic E-state index is 12.6.